The van der Waals surface area contributed by atoms with Crippen LogP contribution < -0.4 is 16.4 Å². The van der Waals surface area contributed by atoms with Crippen molar-refractivity contribution in [1.29, 1.82) is 0 Å². The van der Waals surface area contributed by atoms with Crippen LogP contribution in [0.15, 0.2) is 24.3 Å². The third kappa shape index (κ3) is 3.92. The molecule has 0 aromatic heterocycles. The van der Waals surface area contributed by atoms with Crippen LogP contribution in [0.3, 0.4) is 0 Å². The molecule has 6 heteroatoms. The summed E-state index contributed by atoms with van der Waals surface area (Å²) in [5.41, 5.74) is 7.14. The van der Waals surface area contributed by atoms with Crippen molar-refractivity contribution in [1.82, 2.24) is 5.32 Å². The van der Waals surface area contributed by atoms with Gasteiger partial charge >= 0.3 is 6.09 Å². The molecule has 1 aromatic rings. The highest BCUT2D eigenvalue weighted by molar-refractivity contribution is 7.80. The Morgan fingerprint density at radius 1 is 1.40 bits per heavy atom. The van der Waals surface area contributed by atoms with Gasteiger partial charge in [-0.1, -0.05) is 12.1 Å². The fraction of sp³-hybridized carbons (Fsp3) is 0.111. The maximum absolute atomic E-state index is 10.2. The summed E-state index contributed by atoms with van der Waals surface area (Å²) in [6, 6.07) is 7.23. The number of nitrogens with one attached hydrogen (secondary N) is 2. The van der Waals surface area contributed by atoms with E-state index in [9.17, 15) is 4.79 Å². The van der Waals surface area contributed by atoms with Crippen LogP contribution in [0.2, 0.25) is 0 Å². The van der Waals surface area contributed by atoms with Gasteiger partial charge in [-0.25, -0.2) is 4.79 Å². The van der Waals surface area contributed by atoms with Crippen molar-refractivity contribution in [2.45, 2.75) is 6.54 Å². The number of benzene rings is 1. The van der Waals surface area contributed by atoms with Gasteiger partial charge in [0.2, 0.25) is 0 Å². The first-order valence-electron chi connectivity index (χ1n) is 4.22. The van der Waals surface area contributed by atoms with Crippen molar-refractivity contribution < 1.29 is 9.90 Å². The third-order valence-corrected chi connectivity index (χ3v) is 1.87. The summed E-state index contributed by atoms with van der Waals surface area (Å²) in [6.07, 6.45) is -1.19. The number of nitrogens with two attached hydrogens (primary N) is 1. The van der Waals surface area contributed by atoms with Gasteiger partial charge in [-0.05, 0) is 29.9 Å². The molecule has 0 saturated heterocycles. The Labute approximate surface area is 92.3 Å². The first kappa shape index (κ1) is 11.4. The molecule has 5 N–H and O–H groups in total. The quantitative estimate of drug-likeness (QED) is 0.566. The van der Waals surface area contributed by atoms with E-state index in [1.165, 1.54) is 0 Å². The number of thiocarbonyl (C=S) groups is 1. The highest BCUT2D eigenvalue weighted by atomic mass is 32.1. The van der Waals surface area contributed by atoms with Gasteiger partial charge in [-0.2, -0.15) is 0 Å². The Bertz CT molecular complexity index is 364. The molecule has 0 aliphatic carbocycles. The van der Waals surface area contributed by atoms with Gasteiger partial charge in [-0.15, -0.1) is 0 Å². The van der Waals surface area contributed by atoms with Gasteiger partial charge in [0.25, 0.3) is 0 Å². The van der Waals surface area contributed by atoms with E-state index >= 15 is 0 Å². The number of amides is 1. The molecule has 15 heavy (non-hydrogen) atoms. The minimum Gasteiger partial charge on any atom is -0.465 e. The minimum atomic E-state index is -1.19. The standard InChI is InChI=1S/C9H11N3O2S/c10-5-6-1-3-7(4-2-6)11-8(15)12-9(13)14/h1-4H,5,10H2,(H,13,14)(H2,11,12,15). The molecule has 1 aromatic carbocycles. The zero-order valence-corrected chi connectivity index (χ0v) is 8.67. The van der Waals surface area contributed by atoms with E-state index < -0.39 is 6.09 Å². The lowest BCUT2D eigenvalue weighted by atomic mass is 10.2. The van der Waals surface area contributed by atoms with Crippen molar-refractivity contribution in [3.63, 3.8) is 0 Å². The number of carboxylic acid groups (broad SMARTS) is 1. The molecule has 0 aliphatic rings. The summed E-state index contributed by atoms with van der Waals surface area (Å²) < 4.78 is 0. The van der Waals surface area contributed by atoms with E-state index in [0.717, 1.165) is 5.56 Å². The fourth-order valence-electron chi connectivity index (χ4n) is 0.984. The molecular formula is C9H11N3O2S. The van der Waals surface area contributed by atoms with E-state index in [2.05, 4.69) is 5.32 Å². The van der Waals surface area contributed by atoms with E-state index in [1.807, 2.05) is 17.4 Å². The minimum absolute atomic E-state index is 0.0444. The third-order valence-electron chi connectivity index (χ3n) is 1.67. The van der Waals surface area contributed by atoms with Gasteiger partial charge < -0.3 is 16.2 Å². The zero-order valence-electron chi connectivity index (χ0n) is 7.86. The molecule has 0 unspecified atom stereocenters. The summed E-state index contributed by atoms with van der Waals surface area (Å²) in [5.74, 6) is 0. The molecule has 0 radical (unpaired) electrons. The Hall–Kier alpha value is -1.66. The molecule has 80 valence electrons. The molecular weight excluding hydrogens is 214 g/mol. The maximum Gasteiger partial charge on any atom is 0.410 e. The van der Waals surface area contributed by atoms with Crippen molar-refractivity contribution in [2.24, 2.45) is 5.73 Å². The smallest absolute Gasteiger partial charge is 0.410 e. The largest absolute Gasteiger partial charge is 0.465 e. The normalized spacial score (nSPS) is 9.40. The van der Waals surface area contributed by atoms with Crippen LogP contribution in [-0.4, -0.2) is 16.3 Å². The molecule has 0 saturated carbocycles. The van der Waals surface area contributed by atoms with Crippen molar-refractivity contribution >= 4 is 29.1 Å². The summed E-state index contributed by atoms with van der Waals surface area (Å²) in [6.45, 7) is 0.470. The van der Waals surface area contributed by atoms with Crippen molar-refractivity contribution in [3.05, 3.63) is 29.8 Å². The lowest BCUT2D eigenvalue weighted by Gasteiger charge is -2.07. The molecule has 0 spiro atoms. The van der Waals surface area contributed by atoms with Crippen LogP contribution in [0.4, 0.5) is 10.5 Å². The van der Waals surface area contributed by atoms with Crippen molar-refractivity contribution in [3.8, 4) is 0 Å². The van der Waals surface area contributed by atoms with Gasteiger partial charge in [0, 0.05) is 12.2 Å². The number of hydrogen-bond acceptors (Lipinski definition) is 3. The van der Waals surface area contributed by atoms with Gasteiger partial charge in [-0.3, -0.25) is 5.32 Å². The predicted molar refractivity (Wildman–Crippen MR) is 61.7 cm³/mol. The van der Waals surface area contributed by atoms with Crippen molar-refractivity contribution in [2.75, 3.05) is 5.32 Å². The number of rotatable bonds is 2. The summed E-state index contributed by atoms with van der Waals surface area (Å²) in [5, 5.41) is 13.2. The second-order valence-corrected chi connectivity index (χ2v) is 3.19. The highest BCUT2D eigenvalue weighted by Crippen LogP contribution is 2.08. The molecule has 1 amide bonds. The first-order valence-corrected chi connectivity index (χ1v) is 4.62. The summed E-state index contributed by atoms with van der Waals surface area (Å²) in [7, 11) is 0. The van der Waals surface area contributed by atoms with E-state index in [4.69, 9.17) is 23.1 Å². The topological polar surface area (TPSA) is 87.4 Å². The van der Waals surface area contributed by atoms with Crippen LogP contribution in [0.5, 0.6) is 0 Å². The van der Waals surface area contributed by atoms with Crippen LogP contribution in [0.1, 0.15) is 5.56 Å². The Morgan fingerprint density at radius 3 is 2.47 bits per heavy atom. The zero-order chi connectivity index (χ0) is 11.3. The monoisotopic (exact) mass is 225 g/mol. The molecule has 0 fully saturated rings. The lowest BCUT2D eigenvalue weighted by Crippen LogP contribution is -2.32. The van der Waals surface area contributed by atoms with Gasteiger partial charge in [0.1, 0.15) is 0 Å². The molecule has 0 aliphatic heterocycles. The van der Waals surface area contributed by atoms with Gasteiger partial charge in [0.05, 0.1) is 0 Å². The van der Waals surface area contributed by atoms with Crippen LogP contribution in [0, 0.1) is 0 Å². The SMILES string of the molecule is NCc1ccc(NC(=S)NC(=O)O)cc1. The Balaban J connectivity index is 2.57. The number of anilines is 1. The predicted octanol–water partition coefficient (Wildman–Crippen LogP) is 1.11. The first-order chi connectivity index (χ1) is 7.11. The lowest BCUT2D eigenvalue weighted by molar-refractivity contribution is 0.200. The Kier molecular flexibility index (Phi) is 4.02. The van der Waals surface area contributed by atoms with E-state index in [0.29, 0.717) is 12.2 Å². The van der Waals surface area contributed by atoms with Gasteiger partial charge in [0.15, 0.2) is 5.11 Å². The molecule has 5 nitrogen and oxygen atoms in total. The second kappa shape index (κ2) is 5.28. The maximum atomic E-state index is 10.2. The van der Waals surface area contributed by atoms with Crippen LogP contribution in [0.25, 0.3) is 0 Å². The Morgan fingerprint density at radius 2 is 2.00 bits per heavy atom. The average molecular weight is 225 g/mol. The fourth-order valence-corrected chi connectivity index (χ4v) is 1.19. The highest BCUT2D eigenvalue weighted by Gasteiger charge is 2.00. The molecule has 0 bridgehead atoms. The number of hydrogen-bond donors (Lipinski definition) is 4. The molecule has 1 rings (SSSR count). The van der Waals surface area contributed by atoms with Crippen LogP contribution >= 0.6 is 12.2 Å². The molecule has 0 heterocycles. The molecule has 0 atom stereocenters. The van der Waals surface area contributed by atoms with Crippen LogP contribution in [-0.2, 0) is 6.54 Å². The average Bonchev–Trinajstić information content (AvgIpc) is 2.17. The number of carbonyl (C=O) groups is 1. The second-order valence-electron chi connectivity index (χ2n) is 2.79. The summed E-state index contributed by atoms with van der Waals surface area (Å²) >= 11 is 4.75. The van der Waals surface area contributed by atoms with E-state index in [-0.39, 0.29) is 5.11 Å². The van der Waals surface area contributed by atoms with E-state index in [1.54, 1.807) is 12.1 Å². The summed E-state index contributed by atoms with van der Waals surface area (Å²) in [4.78, 5) is 10.2.